The van der Waals surface area contributed by atoms with Crippen LogP contribution < -0.4 is 5.32 Å². The van der Waals surface area contributed by atoms with Gasteiger partial charge in [-0.05, 0) is 42.6 Å². The molecule has 142 valence electrons. The van der Waals surface area contributed by atoms with E-state index in [0.29, 0.717) is 11.6 Å². The van der Waals surface area contributed by atoms with Crippen LogP contribution in [0.2, 0.25) is 0 Å². The molecule has 0 saturated heterocycles. The van der Waals surface area contributed by atoms with Gasteiger partial charge >= 0.3 is 0 Å². The van der Waals surface area contributed by atoms with Crippen molar-refractivity contribution in [2.75, 3.05) is 5.75 Å². The summed E-state index contributed by atoms with van der Waals surface area (Å²) in [6, 6.07) is 11.5. The van der Waals surface area contributed by atoms with Crippen molar-refractivity contribution in [3.05, 3.63) is 59.5 Å². The molecule has 4 aromatic rings. The largest absolute Gasteiger partial charge is 0.467 e. The topological polar surface area (TPSA) is 80.9 Å². The summed E-state index contributed by atoms with van der Waals surface area (Å²) in [5.74, 6) is 0.923. The molecule has 4 heterocycles. The van der Waals surface area contributed by atoms with Gasteiger partial charge < -0.3 is 9.73 Å². The monoisotopic (exact) mass is 428 g/mol. The van der Waals surface area contributed by atoms with Gasteiger partial charge in [0.2, 0.25) is 5.91 Å². The van der Waals surface area contributed by atoms with E-state index < -0.39 is 0 Å². The van der Waals surface area contributed by atoms with Crippen LogP contribution in [0, 0.1) is 6.92 Å². The van der Waals surface area contributed by atoms with Gasteiger partial charge in [0.05, 0.1) is 34.0 Å². The molecule has 6 nitrogen and oxygen atoms in total. The standard InChI is InChI=1S/C19H16N4O2S3/c1-12-18(28-19(21-12)15-5-3-9-26-15)14-6-7-17(23-22-14)27-11-16(24)20-10-13-4-2-8-25-13/h2-9H,10-11H2,1H3,(H,20,24). The second-order valence-corrected chi connectivity index (χ2v) is 8.75. The third-order valence-corrected chi connectivity index (χ3v) is 6.93. The summed E-state index contributed by atoms with van der Waals surface area (Å²) in [6.07, 6.45) is 1.58. The zero-order valence-electron chi connectivity index (χ0n) is 14.9. The number of nitrogens with one attached hydrogen (secondary N) is 1. The number of aromatic nitrogens is 3. The van der Waals surface area contributed by atoms with Crippen LogP contribution in [0.15, 0.2) is 57.5 Å². The molecule has 0 aromatic carbocycles. The van der Waals surface area contributed by atoms with Crippen molar-refractivity contribution in [1.82, 2.24) is 20.5 Å². The molecule has 28 heavy (non-hydrogen) atoms. The molecule has 9 heteroatoms. The zero-order valence-corrected chi connectivity index (χ0v) is 17.4. The number of thiazole rings is 1. The van der Waals surface area contributed by atoms with E-state index in [9.17, 15) is 4.79 Å². The quantitative estimate of drug-likeness (QED) is 0.432. The van der Waals surface area contributed by atoms with Crippen molar-refractivity contribution in [3.63, 3.8) is 0 Å². The zero-order chi connectivity index (χ0) is 19.3. The Morgan fingerprint density at radius 1 is 1.21 bits per heavy atom. The maximum Gasteiger partial charge on any atom is 0.230 e. The molecule has 0 saturated carbocycles. The number of thiophene rings is 1. The van der Waals surface area contributed by atoms with Crippen molar-refractivity contribution in [2.24, 2.45) is 0 Å². The predicted octanol–water partition coefficient (Wildman–Crippen LogP) is 4.64. The van der Waals surface area contributed by atoms with Gasteiger partial charge in [-0.1, -0.05) is 17.8 Å². The molecule has 4 aromatic heterocycles. The number of aryl methyl sites for hydroxylation is 1. The van der Waals surface area contributed by atoms with Gasteiger partial charge in [-0.2, -0.15) is 0 Å². The van der Waals surface area contributed by atoms with Gasteiger partial charge in [0.1, 0.15) is 21.5 Å². The smallest absolute Gasteiger partial charge is 0.230 e. The highest BCUT2D eigenvalue weighted by molar-refractivity contribution is 7.99. The van der Waals surface area contributed by atoms with Crippen molar-refractivity contribution in [3.8, 4) is 20.5 Å². The number of carbonyl (C=O) groups is 1. The lowest BCUT2D eigenvalue weighted by molar-refractivity contribution is -0.118. The van der Waals surface area contributed by atoms with E-state index in [1.165, 1.54) is 11.8 Å². The van der Waals surface area contributed by atoms with Crippen LogP contribution in [0.1, 0.15) is 11.5 Å². The van der Waals surface area contributed by atoms with Crippen LogP contribution in [0.4, 0.5) is 0 Å². The third-order valence-electron chi connectivity index (χ3n) is 3.79. The summed E-state index contributed by atoms with van der Waals surface area (Å²) in [4.78, 5) is 18.8. The number of thioether (sulfide) groups is 1. The Kier molecular flexibility index (Phi) is 5.84. The molecule has 4 rings (SSSR count). The van der Waals surface area contributed by atoms with E-state index in [-0.39, 0.29) is 11.7 Å². The Hall–Kier alpha value is -2.49. The number of furan rings is 1. The lowest BCUT2D eigenvalue weighted by Crippen LogP contribution is -2.24. The predicted molar refractivity (Wildman–Crippen MR) is 112 cm³/mol. The highest BCUT2D eigenvalue weighted by Crippen LogP contribution is 2.36. The fourth-order valence-corrected chi connectivity index (χ4v) is 4.92. The molecule has 1 N–H and O–H groups in total. The fourth-order valence-electron chi connectivity index (χ4n) is 2.45. The minimum Gasteiger partial charge on any atom is -0.467 e. The van der Waals surface area contributed by atoms with E-state index in [1.807, 2.05) is 36.6 Å². The molecule has 0 bridgehead atoms. The second-order valence-electron chi connectivity index (χ2n) is 5.81. The molecule has 0 radical (unpaired) electrons. The third kappa shape index (κ3) is 4.49. The number of rotatable bonds is 7. The number of carbonyl (C=O) groups excluding carboxylic acids is 1. The summed E-state index contributed by atoms with van der Waals surface area (Å²) < 4.78 is 5.19. The first-order chi connectivity index (χ1) is 13.7. The molecular formula is C19H16N4O2S3. The Bertz CT molecular complexity index is 1040. The van der Waals surface area contributed by atoms with Crippen LogP contribution in [-0.2, 0) is 11.3 Å². The van der Waals surface area contributed by atoms with Gasteiger partial charge in [-0.3, -0.25) is 4.79 Å². The van der Waals surface area contributed by atoms with Crippen LogP contribution in [-0.4, -0.2) is 26.8 Å². The van der Waals surface area contributed by atoms with E-state index in [4.69, 9.17) is 4.42 Å². The van der Waals surface area contributed by atoms with Gasteiger partial charge in [-0.25, -0.2) is 4.98 Å². The number of amides is 1. The molecule has 0 aliphatic rings. The Labute approximate surface area is 174 Å². The maximum absolute atomic E-state index is 11.9. The first-order valence-electron chi connectivity index (χ1n) is 8.46. The van der Waals surface area contributed by atoms with Crippen LogP contribution in [0.3, 0.4) is 0 Å². The minimum absolute atomic E-state index is 0.0776. The van der Waals surface area contributed by atoms with Gasteiger partial charge in [0, 0.05) is 0 Å². The van der Waals surface area contributed by atoms with Crippen molar-refractivity contribution >= 4 is 40.3 Å². The molecule has 0 unspecified atom stereocenters. The second kappa shape index (κ2) is 8.68. The molecule has 0 fully saturated rings. The summed E-state index contributed by atoms with van der Waals surface area (Å²) in [5.41, 5.74) is 1.74. The van der Waals surface area contributed by atoms with E-state index in [2.05, 4.69) is 26.6 Å². The molecule has 0 atom stereocenters. The summed E-state index contributed by atoms with van der Waals surface area (Å²) in [6.45, 7) is 2.37. The minimum atomic E-state index is -0.0776. The fraction of sp³-hybridized carbons (Fsp3) is 0.158. The average molecular weight is 429 g/mol. The van der Waals surface area contributed by atoms with Crippen LogP contribution in [0.25, 0.3) is 20.5 Å². The normalized spacial score (nSPS) is 10.9. The lowest BCUT2D eigenvalue weighted by atomic mass is 10.3. The van der Waals surface area contributed by atoms with Gasteiger partial charge in [0.25, 0.3) is 0 Å². The molecular weight excluding hydrogens is 412 g/mol. The SMILES string of the molecule is Cc1nc(-c2cccs2)sc1-c1ccc(SCC(=O)NCc2ccco2)nn1. The summed E-state index contributed by atoms with van der Waals surface area (Å²) in [5, 5.41) is 15.1. The van der Waals surface area contributed by atoms with Crippen molar-refractivity contribution in [2.45, 2.75) is 18.5 Å². The average Bonchev–Trinajstić information content (AvgIpc) is 3.46. The highest BCUT2D eigenvalue weighted by atomic mass is 32.2. The van der Waals surface area contributed by atoms with Gasteiger partial charge in [-0.15, -0.1) is 32.9 Å². The Morgan fingerprint density at radius 3 is 2.86 bits per heavy atom. The number of hydrogen-bond acceptors (Lipinski definition) is 8. The first-order valence-corrected chi connectivity index (χ1v) is 11.1. The van der Waals surface area contributed by atoms with Crippen LogP contribution in [0.5, 0.6) is 0 Å². The Balaban J connectivity index is 1.36. The summed E-state index contributed by atoms with van der Waals surface area (Å²) >= 11 is 4.64. The molecule has 0 aliphatic heterocycles. The summed E-state index contributed by atoms with van der Waals surface area (Å²) in [7, 11) is 0. The van der Waals surface area contributed by atoms with E-state index >= 15 is 0 Å². The van der Waals surface area contributed by atoms with Gasteiger partial charge in [0.15, 0.2) is 0 Å². The molecule has 1 amide bonds. The maximum atomic E-state index is 11.9. The van der Waals surface area contributed by atoms with E-state index in [0.717, 1.165) is 31.9 Å². The Morgan fingerprint density at radius 2 is 2.14 bits per heavy atom. The van der Waals surface area contributed by atoms with Crippen molar-refractivity contribution in [1.29, 1.82) is 0 Å². The molecule has 0 aliphatic carbocycles. The lowest BCUT2D eigenvalue weighted by Gasteiger charge is -2.03. The van der Waals surface area contributed by atoms with Crippen molar-refractivity contribution < 1.29 is 9.21 Å². The number of nitrogens with zero attached hydrogens (tertiary/aromatic N) is 3. The highest BCUT2D eigenvalue weighted by Gasteiger charge is 2.14. The number of hydrogen-bond donors (Lipinski definition) is 1. The van der Waals surface area contributed by atoms with Crippen LogP contribution >= 0.6 is 34.4 Å². The first kappa shape index (κ1) is 18.9. The molecule has 0 spiro atoms. The van der Waals surface area contributed by atoms with E-state index in [1.54, 1.807) is 35.0 Å².